The van der Waals surface area contributed by atoms with Crippen LogP contribution < -0.4 is 5.32 Å². The maximum atomic E-state index is 9.91. The standard InChI is InChI=1S/C12H24N2O2/c1-3-9-7-14(8-10(4-2)16-9)11-5-13-6-12(11)15/h9-13,15H,3-8H2,1-2H3/t9?,10?,11-,12-/m1/s1. The molecule has 0 aromatic rings. The third-order valence-electron chi connectivity index (χ3n) is 3.79. The van der Waals surface area contributed by atoms with Crippen LogP contribution >= 0.6 is 0 Å². The Morgan fingerprint density at radius 3 is 2.25 bits per heavy atom. The lowest BCUT2D eigenvalue weighted by molar-refractivity contribution is -0.105. The first kappa shape index (κ1) is 12.3. The molecule has 0 aromatic heterocycles. The maximum Gasteiger partial charge on any atom is 0.0831 e. The van der Waals surface area contributed by atoms with E-state index < -0.39 is 0 Å². The predicted octanol–water partition coefficient (Wildman–Crippen LogP) is 0.209. The van der Waals surface area contributed by atoms with Gasteiger partial charge in [0.2, 0.25) is 0 Å². The van der Waals surface area contributed by atoms with E-state index in [2.05, 4.69) is 24.1 Å². The highest BCUT2D eigenvalue weighted by atomic mass is 16.5. The minimum atomic E-state index is -0.215. The molecule has 16 heavy (non-hydrogen) atoms. The van der Waals surface area contributed by atoms with Crippen LogP contribution in [0.4, 0.5) is 0 Å². The predicted molar refractivity (Wildman–Crippen MR) is 63.5 cm³/mol. The fourth-order valence-electron chi connectivity index (χ4n) is 2.70. The van der Waals surface area contributed by atoms with E-state index in [0.717, 1.165) is 39.0 Å². The Morgan fingerprint density at radius 2 is 1.81 bits per heavy atom. The molecule has 2 heterocycles. The Bertz CT molecular complexity index is 213. The number of morpholine rings is 1. The van der Waals surface area contributed by atoms with Gasteiger partial charge in [-0.25, -0.2) is 0 Å². The number of rotatable bonds is 3. The average Bonchev–Trinajstić information content (AvgIpc) is 2.74. The van der Waals surface area contributed by atoms with Gasteiger partial charge in [0, 0.05) is 32.2 Å². The molecule has 0 bridgehead atoms. The second kappa shape index (κ2) is 5.45. The largest absolute Gasteiger partial charge is 0.390 e. The topological polar surface area (TPSA) is 44.7 Å². The zero-order valence-electron chi connectivity index (χ0n) is 10.4. The summed E-state index contributed by atoms with van der Waals surface area (Å²) in [6.45, 7) is 7.92. The monoisotopic (exact) mass is 228 g/mol. The second-order valence-corrected chi connectivity index (χ2v) is 4.94. The van der Waals surface area contributed by atoms with Crippen molar-refractivity contribution in [3.63, 3.8) is 0 Å². The molecule has 2 aliphatic rings. The van der Waals surface area contributed by atoms with E-state index in [-0.39, 0.29) is 12.1 Å². The van der Waals surface area contributed by atoms with Gasteiger partial charge in [0.25, 0.3) is 0 Å². The molecular weight excluding hydrogens is 204 g/mol. The van der Waals surface area contributed by atoms with Gasteiger partial charge in [-0.2, -0.15) is 0 Å². The number of aliphatic hydroxyl groups is 1. The highest BCUT2D eigenvalue weighted by Gasteiger charge is 2.35. The molecular formula is C12H24N2O2. The van der Waals surface area contributed by atoms with Crippen LogP contribution in [0.3, 0.4) is 0 Å². The van der Waals surface area contributed by atoms with E-state index in [1.54, 1.807) is 0 Å². The lowest BCUT2D eigenvalue weighted by Gasteiger charge is -2.41. The summed E-state index contributed by atoms with van der Waals surface area (Å²) in [5, 5.41) is 13.2. The van der Waals surface area contributed by atoms with E-state index in [4.69, 9.17) is 4.74 Å². The number of hydrogen-bond acceptors (Lipinski definition) is 4. The quantitative estimate of drug-likeness (QED) is 0.725. The van der Waals surface area contributed by atoms with Crippen molar-refractivity contribution in [2.45, 2.75) is 51.0 Å². The molecule has 0 aliphatic carbocycles. The first-order valence-corrected chi connectivity index (χ1v) is 6.52. The van der Waals surface area contributed by atoms with Gasteiger partial charge >= 0.3 is 0 Å². The van der Waals surface area contributed by atoms with Gasteiger partial charge in [0.05, 0.1) is 18.3 Å². The zero-order valence-corrected chi connectivity index (χ0v) is 10.4. The minimum Gasteiger partial charge on any atom is -0.390 e. The molecule has 4 nitrogen and oxygen atoms in total. The first-order valence-electron chi connectivity index (χ1n) is 6.52. The van der Waals surface area contributed by atoms with Crippen molar-refractivity contribution in [2.24, 2.45) is 0 Å². The normalized spacial score (nSPS) is 41.4. The number of aliphatic hydroxyl groups excluding tert-OH is 1. The smallest absolute Gasteiger partial charge is 0.0831 e. The molecule has 2 saturated heterocycles. The molecule has 0 radical (unpaired) electrons. The summed E-state index contributed by atoms with van der Waals surface area (Å²) in [4.78, 5) is 2.41. The molecule has 2 N–H and O–H groups in total. The van der Waals surface area contributed by atoms with Gasteiger partial charge in [-0.1, -0.05) is 13.8 Å². The van der Waals surface area contributed by atoms with E-state index in [0.29, 0.717) is 12.2 Å². The summed E-state index contributed by atoms with van der Waals surface area (Å²) in [6.07, 6.45) is 2.58. The maximum absolute atomic E-state index is 9.91. The van der Waals surface area contributed by atoms with Crippen molar-refractivity contribution in [3.05, 3.63) is 0 Å². The number of β-amino-alcohol motifs (C(OH)–C–C–N with tert-alkyl or cyclic N) is 1. The molecule has 4 atom stereocenters. The van der Waals surface area contributed by atoms with E-state index in [9.17, 15) is 5.11 Å². The second-order valence-electron chi connectivity index (χ2n) is 4.94. The van der Waals surface area contributed by atoms with Gasteiger partial charge in [-0.15, -0.1) is 0 Å². The zero-order chi connectivity index (χ0) is 11.5. The van der Waals surface area contributed by atoms with Gasteiger partial charge in [-0.3, -0.25) is 4.90 Å². The van der Waals surface area contributed by atoms with Gasteiger partial charge in [0.15, 0.2) is 0 Å². The highest BCUT2D eigenvalue weighted by Crippen LogP contribution is 2.20. The van der Waals surface area contributed by atoms with Gasteiger partial charge in [0.1, 0.15) is 0 Å². The summed E-state index contributed by atoms with van der Waals surface area (Å²) >= 11 is 0. The number of nitrogens with zero attached hydrogens (tertiary/aromatic N) is 1. The van der Waals surface area contributed by atoms with Crippen molar-refractivity contribution < 1.29 is 9.84 Å². The Kier molecular flexibility index (Phi) is 4.19. The lowest BCUT2D eigenvalue weighted by atomic mass is 10.1. The Balaban J connectivity index is 1.97. The third-order valence-corrected chi connectivity index (χ3v) is 3.79. The van der Waals surface area contributed by atoms with Crippen molar-refractivity contribution in [3.8, 4) is 0 Å². The average molecular weight is 228 g/mol. The summed E-state index contributed by atoms with van der Waals surface area (Å²) in [7, 11) is 0. The SMILES string of the molecule is CCC1CN([C@@H]2CNC[C@H]2O)CC(CC)O1. The van der Waals surface area contributed by atoms with Crippen molar-refractivity contribution in [1.29, 1.82) is 0 Å². The Hall–Kier alpha value is -0.160. The van der Waals surface area contributed by atoms with Crippen LogP contribution in [0.25, 0.3) is 0 Å². The van der Waals surface area contributed by atoms with E-state index in [1.807, 2.05) is 0 Å². The molecule has 2 unspecified atom stereocenters. The van der Waals surface area contributed by atoms with Crippen molar-refractivity contribution in [1.82, 2.24) is 10.2 Å². The minimum absolute atomic E-state index is 0.215. The molecule has 0 spiro atoms. The summed E-state index contributed by atoms with van der Waals surface area (Å²) < 4.78 is 5.97. The van der Waals surface area contributed by atoms with Crippen LogP contribution in [0.5, 0.6) is 0 Å². The summed E-state index contributed by atoms with van der Waals surface area (Å²) in [5.74, 6) is 0. The van der Waals surface area contributed by atoms with Crippen LogP contribution in [0.15, 0.2) is 0 Å². The Labute approximate surface area is 98.0 Å². The molecule has 2 rings (SSSR count). The third kappa shape index (κ3) is 2.56. The summed E-state index contributed by atoms with van der Waals surface area (Å²) in [5.41, 5.74) is 0. The number of nitrogens with one attached hydrogen (secondary N) is 1. The molecule has 0 amide bonds. The Morgan fingerprint density at radius 1 is 1.19 bits per heavy atom. The van der Waals surface area contributed by atoms with Crippen LogP contribution in [-0.2, 0) is 4.74 Å². The lowest BCUT2D eigenvalue weighted by Crippen LogP contribution is -2.54. The van der Waals surface area contributed by atoms with Crippen LogP contribution in [0.2, 0.25) is 0 Å². The molecule has 2 fully saturated rings. The fraction of sp³-hybridized carbons (Fsp3) is 1.00. The van der Waals surface area contributed by atoms with Crippen LogP contribution in [0.1, 0.15) is 26.7 Å². The highest BCUT2D eigenvalue weighted by molar-refractivity contribution is 4.92. The van der Waals surface area contributed by atoms with Gasteiger partial charge in [-0.05, 0) is 12.8 Å². The van der Waals surface area contributed by atoms with Crippen molar-refractivity contribution in [2.75, 3.05) is 26.2 Å². The van der Waals surface area contributed by atoms with Gasteiger partial charge < -0.3 is 15.2 Å². The summed E-state index contributed by atoms with van der Waals surface area (Å²) in [6, 6.07) is 0.284. The molecule has 2 aliphatic heterocycles. The first-order chi connectivity index (χ1) is 7.74. The molecule has 0 aromatic carbocycles. The van der Waals surface area contributed by atoms with Crippen LogP contribution in [0, 0.1) is 0 Å². The van der Waals surface area contributed by atoms with E-state index in [1.165, 1.54) is 0 Å². The van der Waals surface area contributed by atoms with Crippen LogP contribution in [-0.4, -0.2) is 60.5 Å². The van der Waals surface area contributed by atoms with Crippen molar-refractivity contribution >= 4 is 0 Å². The van der Waals surface area contributed by atoms with E-state index >= 15 is 0 Å². The molecule has 94 valence electrons. The number of hydrogen-bond donors (Lipinski definition) is 2. The number of ether oxygens (including phenoxy) is 1. The fourth-order valence-corrected chi connectivity index (χ4v) is 2.70. The molecule has 4 heteroatoms. The molecule has 0 saturated carbocycles.